The van der Waals surface area contributed by atoms with Crippen LogP contribution in [0.3, 0.4) is 0 Å². The van der Waals surface area contributed by atoms with Gasteiger partial charge in [-0.25, -0.2) is 0 Å². The SMILES string of the molecule is Cc1ccc(O)c(C(c2ccccc2O)c2cc(C)ccc2O)c1. The third-order valence-electron chi connectivity index (χ3n) is 4.24. The summed E-state index contributed by atoms with van der Waals surface area (Å²) >= 11 is 0. The molecule has 0 fully saturated rings. The first kappa shape index (κ1) is 15.9. The Morgan fingerprint density at radius 3 is 1.54 bits per heavy atom. The molecule has 0 bridgehead atoms. The lowest BCUT2D eigenvalue weighted by Crippen LogP contribution is -2.05. The molecule has 0 saturated heterocycles. The van der Waals surface area contributed by atoms with Gasteiger partial charge in [0.05, 0.1) is 0 Å². The van der Waals surface area contributed by atoms with Crippen molar-refractivity contribution < 1.29 is 15.3 Å². The normalized spacial score (nSPS) is 11.0. The number of hydrogen-bond donors (Lipinski definition) is 3. The number of aromatic hydroxyl groups is 3. The van der Waals surface area contributed by atoms with E-state index >= 15 is 0 Å². The van der Waals surface area contributed by atoms with Gasteiger partial charge in [-0.1, -0.05) is 53.6 Å². The Hall–Kier alpha value is -2.94. The predicted octanol–water partition coefficient (Wildman–Crippen LogP) is 4.60. The molecule has 3 N–H and O–H groups in total. The first-order valence-corrected chi connectivity index (χ1v) is 7.84. The largest absolute Gasteiger partial charge is 0.508 e. The van der Waals surface area contributed by atoms with Crippen molar-refractivity contribution in [2.45, 2.75) is 19.8 Å². The fourth-order valence-corrected chi connectivity index (χ4v) is 3.04. The highest BCUT2D eigenvalue weighted by atomic mass is 16.3. The summed E-state index contributed by atoms with van der Waals surface area (Å²) in [5.41, 5.74) is 3.93. The van der Waals surface area contributed by atoms with Gasteiger partial charge in [0.1, 0.15) is 17.2 Å². The molecule has 0 heterocycles. The van der Waals surface area contributed by atoms with Crippen LogP contribution in [0.25, 0.3) is 0 Å². The average molecular weight is 320 g/mol. The van der Waals surface area contributed by atoms with Crippen molar-refractivity contribution in [1.82, 2.24) is 0 Å². The van der Waals surface area contributed by atoms with Crippen LogP contribution in [0.2, 0.25) is 0 Å². The lowest BCUT2D eigenvalue weighted by atomic mass is 9.82. The standard InChI is InChI=1S/C21H20O3/c1-13-7-9-19(23)16(11-13)21(15-5-3-4-6-18(15)22)17-12-14(2)8-10-20(17)24/h3-12,21-24H,1-2H3. The van der Waals surface area contributed by atoms with E-state index in [1.807, 2.05) is 50.2 Å². The van der Waals surface area contributed by atoms with Gasteiger partial charge in [-0.3, -0.25) is 0 Å². The number of rotatable bonds is 3. The summed E-state index contributed by atoms with van der Waals surface area (Å²) in [5, 5.41) is 31.2. The molecule has 0 unspecified atom stereocenters. The molecule has 0 aliphatic carbocycles. The zero-order valence-electron chi connectivity index (χ0n) is 13.7. The number of benzene rings is 3. The molecule has 0 atom stereocenters. The van der Waals surface area contributed by atoms with Crippen LogP contribution in [-0.2, 0) is 0 Å². The summed E-state index contributed by atoms with van der Waals surface area (Å²) in [5.74, 6) is -0.0696. The minimum atomic E-state index is -0.467. The third kappa shape index (κ3) is 2.93. The third-order valence-corrected chi connectivity index (χ3v) is 4.24. The van der Waals surface area contributed by atoms with E-state index in [1.165, 1.54) is 0 Å². The summed E-state index contributed by atoms with van der Waals surface area (Å²) < 4.78 is 0. The van der Waals surface area contributed by atoms with Crippen LogP contribution in [0, 0.1) is 13.8 Å². The second-order valence-electron chi connectivity index (χ2n) is 6.12. The van der Waals surface area contributed by atoms with E-state index in [0.717, 1.165) is 11.1 Å². The summed E-state index contributed by atoms with van der Waals surface area (Å²) in [6.07, 6.45) is 0. The molecule has 3 aromatic rings. The van der Waals surface area contributed by atoms with E-state index in [2.05, 4.69) is 0 Å². The number of phenols is 3. The van der Waals surface area contributed by atoms with E-state index < -0.39 is 5.92 Å². The minimum absolute atomic E-state index is 0.129. The van der Waals surface area contributed by atoms with Gasteiger partial charge in [-0.15, -0.1) is 0 Å². The molecular formula is C21H20O3. The summed E-state index contributed by atoms with van der Waals surface area (Å²) in [6.45, 7) is 3.89. The molecule has 24 heavy (non-hydrogen) atoms. The van der Waals surface area contributed by atoms with Gasteiger partial charge < -0.3 is 15.3 Å². The Kier molecular flexibility index (Phi) is 4.17. The van der Waals surface area contributed by atoms with Crippen molar-refractivity contribution in [3.8, 4) is 17.2 Å². The summed E-state index contributed by atoms with van der Waals surface area (Å²) in [4.78, 5) is 0. The maximum Gasteiger partial charge on any atom is 0.119 e. The highest BCUT2D eigenvalue weighted by Gasteiger charge is 2.25. The Morgan fingerprint density at radius 2 is 1.04 bits per heavy atom. The van der Waals surface area contributed by atoms with Crippen molar-refractivity contribution in [3.63, 3.8) is 0 Å². The lowest BCUT2D eigenvalue weighted by Gasteiger charge is -2.22. The summed E-state index contributed by atoms with van der Waals surface area (Å²) in [6, 6.07) is 17.7. The molecule has 0 aromatic heterocycles. The zero-order valence-corrected chi connectivity index (χ0v) is 13.7. The number of aryl methyl sites for hydroxylation is 2. The van der Waals surface area contributed by atoms with Gasteiger partial charge in [-0.2, -0.15) is 0 Å². The van der Waals surface area contributed by atoms with Crippen LogP contribution in [-0.4, -0.2) is 15.3 Å². The first-order valence-electron chi connectivity index (χ1n) is 7.84. The fourth-order valence-electron chi connectivity index (χ4n) is 3.04. The molecule has 0 saturated carbocycles. The molecule has 0 aliphatic heterocycles. The number of phenolic OH excluding ortho intramolecular Hbond substituents is 3. The number of hydrogen-bond acceptors (Lipinski definition) is 3. The quantitative estimate of drug-likeness (QED) is 0.618. The van der Waals surface area contributed by atoms with Crippen molar-refractivity contribution in [3.05, 3.63) is 88.5 Å². The van der Waals surface area contributed by atoms with Gasteiger partial charge in [0.15, 0.2) is 0 Å². The maximum atomic E-state index is 10.4. The highest BCUT2D eigenvalue weighted by molar-refractivity contribution is 5.56. The van der Waals surface area contributed by atoms with E-state index in [-0.39, 0.29) is 17.2 Å². The van der Waals surface area contributed by atoms with E-state index in [4.69, 9.17) is 0 Å². The van der Waals surface area contributed by atoms with Crippen molar-refractivity contribution in [1.29, 1.82) is 0 Å². The number of para-hydroxylation sites is 1. The summed E-state index contributed by atoms with van der Waals surface area (Å²) in [7, 11) is 0. The molecule has 3 rings (SSSR count). The zero-order chi connectivity index (χ0) is 17.3. The topological polar surface area (TPSA) is 60.7 Å². The van der Waals surface area contributed by atoms with E-state index in [0.29, 0.717) is 16.7 Å². The Labute approximate surface area is 141 Å². The van der Waals surface area contributed by atoms with Gasteiger partial charge in [0.2, 0.25) is 0 Å². The molecule has 3 heteroatoms. The molecule has 0 radical (unpaired) electrons. The van der Waals surface area contributed by atoms with Crippen LogP contribution >= 0.6 is 0 Å². The molecule has 3 aromatic carbocycles. The first-order chi connectivity index (χ1) is 11.5. The van der Waals surface area contributed by atoms with Gasteiger partial charge in [0, 0.05) is 22.6 Å². The van der Waals surface area contributed by atoms with Crippen LogP contribution in [0.15, 0.2) is 60.7 Å². The molecule has 3 nitrogen and oxygen atoms in total. The Balaban J connectivity index is 2.31. The molecule has 0 aliphatic rings. The van der Waals surface area contributed by atoms with Crippen LogP contribution in [0.5, 0.6) is 17.2 Å². The van der Waals surface area contributed by atoms with Crippen LogP contribution < -0.4 is 0 Å². The van der Waals surface area contributed by atoms with Gasteiger partial charge in [-0.05, 0) is 32.0 Å². The maximum absolute atomic E-state index is 10.4. The smallest absolute Gasteiger partial charge is 0.119 e. The van der Waals surface area contributed by atoms with Crippen LogP contribution in [0.1, 0.15) is 33.7 Å². The van der Waals surface area contributed by atoms with Gasteiger partial charge >= 0.3 is 0 Å². The Bertz CT molecular complexity index is 833. The fraction of sp³-hybridized carbons (Fsp3) is 0.143. The molecule has 0 spiro atoms. The van der Waals surface area contributed by atoms with Crippen molar-refractivity contribution >= 4 is 0 Å². The molecule has 122 valence electrons. The van der Waals surface area contributed by atoms with Gasteiger partial charge in [0.25, 0.3) is 0 Å². The molecular weight excluding hydrogens is 300 g/mol. The van der Waals surface area contributed by atoms with E-state index in [1.54, 1.807) is 24.3 Å². The Morgan fingerprint density at radius 1 is 0.583 bits per heavy atom. The van der Waals surface area contributed by atoms with Crippen molar-refractivity contribution in [2.24, 2.45) is 0 Å². The van der Waals surface area contributed by atoms with E-state index in [9.17, 15) is 15.3 Å². The average Bonchev–Trinajstić information content (AvgIpc) is 2.56. The molecule has 0 amide bonds. The van der Waals surface area contributed by atoms with Crippen molar-refractivity contribution in [2.75, 3.05) is 0 Å². The highest BCUT2D eigenvalue weighted by Crippen LogP contribution is 2.43. The minimum Gasteiger partial charge on any atom is -0.508 e. The second kappa shape index (κ2) is 6.28. The van der Waals surface area contributed by atoms with Crippen LogP contribution in [0.4, 0.5) is 0 Å². The second-order valence-corrected chi connectivity index (χ2v) is 6.12. The monoisotopic (exact) mass is 320 g/mol. The lowest BCUT2D eigenvalue weighted by molar-refractivity contribution is 0.450. The predicted molar refractivity (Wildman–Crippen MR) is 94.7 cm³/mol.